The Morgan fingerprint density at radius 1 is 1.21 bits per heavy atom. The first-order valence-corrected chi connectivity index (χ1v) is 7.02. The van der Waals surface area contributed by atoms with E-state index in [4.69, 9.17) is 10.5 Å². The molecule has 1 aliphatic heterocycles. The Morgan fingerprint density at radius 3 is 2.63 bits per heavy atom. The maximum Gasteiger partial charge on any atom is 0.225 e. The number of hydrogen-bond donors (Lipinski definition) is 1. The van der Waals surface area contributed by atoms with Crippen molar-refractivity contribution in [3.05, 3.63) is 24.3 Å². The van der Waals surface area contributed by atoms with Crippen molar-refractivity contribution in [2.45, 2.75) is 32.1 Å². The van der Waals surface area contributed by atoms with Crippen molar-refractivity contribution in [3.8, 4) is 5.75 Å². The standard InChI is InChI=1S/C15H22N2O2/c16-13-6-5-7-14(12-13)19-11-8-15(18)17-9-3-1-2-4-10-17/h5-7,12H,1-4,8-11,16H2. The van der Waals surface area contributed by atoms with Gasteiger partial charge in [0.05, 0.1) is 13.0 Å². The molecular formula is C15H22N2O2. The number of nitrogen functional groups attached to an aromatic ring is 1. The molecule has 0 aromatic heterocycles. The molecule has 1 aromatic rings. The number of carbonyl (C=O) groups excluding carboxylic acids is 1. The quantitative estimate of drug-likeness (QED) is 0.848. The third-order valence-corrected chi connectivity index (χ3v) is 3.40. The second-order valence-corrected chi connectivity index (χ2v) is 4.97. The minimum Gasteiger partial charge on any atom is -0.493 e. The molecule has 4 nitrogen and oxygen atoms in total. The molecule has 1 aliphatic rings. The van der Waals surface area contributed by atoms with Gasteiger partial charge in [-0.3, -0.25) is 4.79 Å². The lowest BCUT2D eigenvalue weighted by atomic mass is 10.2. The summed E-state index contributed by atoms with van der Waals surface area (Å²) in [7, 11) is 0. The summed E-state index contributed by atoms with van der Waals surface area (Å²) in [5.74, 6) is 0.925. The molecule has 0 atom stereocenters. The average molecular weight is 262 g/mol. The van der Waals surface area contributed by atoms with Gasteiger partial charge in [-0.25, -0.2) is 0 Å². The Morgan fingerprint density at radius 2 is 1.95 bits per heavy atom. The zero-order valence-corrected chi connectivity index (χ0v) is 11.3. The van der Waals surface area contributed by atoms with E-state index >= 15 is 0 Å². The smallest absolute Gasteiger partial charge is 0.225 e. The number of nitrogens with zero attached hydrogens (tertiary/aromatic N) is 1. The third kappa shape index (κ3) is 4.47. The summed E-state index contributed by atoms with van der Waals surface area (Å²) in [6.45, 7) is 2.22. The minimum atomic E-state index is 0.200. The fourth-order valence-corrected chi connectivity index (χ4v) is 2.34. The summed E-state index contributed by atoms with van der Waals surface area (Å²) >= 11 is 0. The van der Waals surface area contributed by atoms with Gasteiger partial charge in [0.2, 0.25) is 5.91 Å². The SMILES string of the molecule is Nc1cccc(OCCC(=O)N2CCCCCC2)c1. The molecule has 1 fully saturated rings. The predicted octanol–water partition coefficient (Wildman–Crippen LogP) is 2.44. The zero-order chi connectivity index (χ0) is 13.5. The van der Waals surface area contributed by atoms with E-state index in [1.165, 1.54) is 12.8 Å². The van der Waals surface area contributed by atoms with Crippen molar-refractivity contribution < 1.29 is 9.53 Å². The molecule has 1 heterocycles. The van der Waals surface area contributed by atoms with Crippen LogP contribution in [0, 0.1) is 0 Å². The molecule has 0 spiro atoms. The van der Waals surface area contributed by atoms with Gasteiger partial charge in [0.25, 0.3) is 0 Å². The molecule has 104 valence electrons. The van der Waals surface area contributed by atoms with E-state index in [2.05, 4.69) is 0 Å². The first-order valence-electron chi connectivity index (χ1n) is 7.02. The molecule has 0 unspecified atom stereocenters. The molecule has 1 saturated heterocycles. The Labute approximate surface area is 114 Å². The maximum atomic E-state index is 12.0. The van der Waals surface area contributed by atoms with Gasteiger partial charge in [0.1, 0.15) is 5.75 Å². The number of ether oxygens (including phenoxy) is 1. The van der Waals surface area contributed by atoms with Crippen LogP contribution in [0.4, 0.5) is 5.69 Å². The van der Waals surface area contributed by atoms with E-state index in [0.29, 0.717) is 18.7 Å². The Balaban J connectivity index is 1.74. The Hall–Kier alpha value is -1.71. The van der Waals surface area contributed by atoms with Crippen LogP contribution in [0.3, 0.4) is 0 Å². The van der Waals surface area contributed by atoms with E-state index in [1.807, 2.05) is 23.1 Å². The summed E-state index contributed by atoms with van der Waals surface area (Å²) in [4.78, 5) is 14.0. The van der Waals surface area contributed by atoms with E-state index < -0.39 is 0 Å². The van der Waals surface area contributed by atoms with Crippen LogP contribution in [-0.4, -0.2) is 30.5 Å². The summed E-state index contributed by atoms with van der Waals surface area (Å²) in [6, 6.07) is 7.29. The third-order valence-electron chi connectivity index (χ3n) is 3.40. The van der Waals surface area contributed by atoms with Gasteiger partial charge in [-0.05, 0) is 25.0 Å². The number of carbonyl (C=O) groups is 1. The first-order chi connectivity index (χ1) is 9.25. The normalized spacial score (nSPS) is 15.9. The Bertz CT molecular complexity index is 412. The highest BCUT2D eigenvalue weighted by molar-refractivity contribution is 5.76. The fourth-order valence-electron chi connectivity index (χ4n) is 2.34. The van der Waals surface area contributed by atoms with Crippen LogP contribution in [-0.2, 0) is 4.79 Å². The lowest BCUT2D eigenvalue weighted by Crippen LogP contribution is -2.32. The van der Waals surface area contributed by atoms with Gasteiger partial charge in [0, 0.05) is 24.8 Å². The van der Waals surface area contributed by atoms with Crippen LogP contribution in [0.2, 0.25) is 0 Å². The maximum absolute atomic E-state index is 12.0. The second kappa shape index (κ2) is 7.02. The van der Waals surface area contributed by atoms with Gasteiger partial charge in [-0.2, -0.15) is 0 Å². The van der Waals surface area contributed by atoms with Crippen LogP contribution in [0.15, 0.2) is 24.3 Å². The van der Waals surface area contributed by atoms with E-state index in [1.54, 1.807) is 6.07 Å². The molecule has 1 aromatic carbocycles. The van der Waals surface area contributed by atoms with Gasteiger partial charge in [-0.1, -0.05) is 18.9 Å². The average Bonchev–Trinajstić information content (AvgIpc) is 2.67. The van der Waals surface area contributed by atoms with Crippen molar-refractivity contribution in [3.63, 3.8) is 0 Å². The molecule has 2 rings (SSSR count). The molecule has 4 heteroatoms. The minimum absolute atomic E-state index is 0.200. The van der Waals surface area contributed by atoms with Crippen molar-refractivity contribution in [1.29, 1.82) is 0 Å². The summed E-state index contributed by atoms with van der Waals surface area (Å²) in [6.07, 6.45) is 5.17. The number of benzene rings is 1. The molecule has 0 saturated carbocycles. The van der Waals surface area contributed by atoms with Crippen molar-refractivity contribution >= 4 is 11.6 Å². The monoisotopic (exact) mass is 262 g/mol. The van der Waals surface area contributed by atoms with Crippen molar-refractivity contribution in [2.24, 2.45) is 0 Å². The topological polar surface area (TPSA) is 55.6 Å². The lowest BCUT2D eigenvalue weighted by molar-refractivity contribution is -0.131. The molecule has 0 bridgehead atoms. The van der Waals surface area contributed by atoms with Gasteiger partial charge < -0.3 is 15.4 Å². The summed E-state index contributed by atoms with van der Waals surface area (Å²) < 4.78 is 5.55. The molecule has 2 N–H and O–H groups in total. The predicted molar refractivity (Wildman–Crippen MR) is 76.0 cm³/mol. The number of amides is 1. The second-order valence-electron chi connectivity index (χ2n) is 4.97. The van der Waals surface area contributed by atoms with Gasteiger partial charge in [0.15, 0.2) is 0 Å². The number of rotatable bonds is 4. The number of hydrogen-bond acceptors (Lipinski definition) is 3. The molecule has 19 heavy (non-hydrogen) atoms. The molecule has 0 radical (unpaired) electrons. The summed E-state index contributed by atoms with van der Waals surface area (Å²) in [5, 5.41) is 0. The Kier molecular flexibility index (Phi) is 5.07. The van der Waals surface area contributed by atoms with Crippen LogP contribution < -0.4 is 10.5 Å². The van der Waals surface area contributed by atoms with Crippen LogP contribution in [0.5, 0.6) is 5.75 Å². The van der Waals surface area contributed by atoms with Crippen molar-refractivity contribution in [2.75, 3.05) is 25.4 Å². The molecular weight excluding hydrogens is 240 g/mol. The molecule has 1 amide bonds. The van der Waals surface area contributed by atoms with Crippen LogP contribution in [0.25, 0.3) is 0 Å². The van der Waals surface area contributed by atoms with Crippen molar-refractivity contribution in [1.82, 2.24) is 4.90 Å². The first kappa shape index (κ1) is 13.7. The summed E-state index contributed by atoms with van der Waals surface area (Å²) in [5.41, 5.74) is 6.35. The van der Waals surface area contributed by atoms with E-state index in [-0.39, 0.29) is 5.91 Å². The highest BCUT2D eigenvalue weighted by Crippen LogP contribution is 2.15. The largest absolute Gasteiger partial charge is 0.493 e. The number of nitrogens with two attached hydrogens (primary N) is 1. The highest BCUT2D eigenvalue weighted by Gasteiger charge is 2.15. The van der Waals surface area contributed by atoms with Crippen LogP contribution >= 0.6 is 0 Å². The van der Waals surface area contributed by atoms with Crippen LogP contribution in [0.1, 0.15) is 32.1 Å². The number of likely N-dealkylation sites (tertiary alicyclic amines) is 1. The number of anilines is 1. The highest BCUT2D eigenvalue weighted by atomic mass is 16.5. The lowest BCUT2D eigenvalue weighted by Gasteiger charge is -2.20. The zero-order valence-electron chi connectivity index (χ0n) is 11.3. The van der Waals surface area contributed by atoms with Gasteiger partial charge >= 0.3 is 0 Å². The fraction of sp³-hybridized carbons (Fsp3) is 0.533. The van der Waals surface area contributed by atoms with E-state index in [0.717, 1.165) is 31.7 Å². The van der Waals surface area contributed by atoms with E-state index in [9.17, 15) is 4.79 Å². The van der Waals surface area contributed by atoms with Gasteiger partial charge in [-0.15, -0.1) is 0 Å². The molecule has 0 aliphatic carbocycles.